The van der Waals surface area contributed by atoms with Crippen molar-refractivity contribution in [3.05, 3.63) is 28.6 Å². The van der Waals surface area contributed by atoms with Crippen LogP contribution in [0.2, 0.25) is 0 Å². The molecule has 0 atom stereocenters. The van der Waals surface area contributed by atoms with Gasteiger partial charge < -0.3 is 5.32 Å². The van der Waals surface area contributed by atoms with E-state index in [9.17, 15) is 13.2 Å². The monoisotopic (exact) mass is 422 g/mol. The van der Waals surface area contributed by atoms with Crippen LogP contribution in [0, 0.1) is 5.92 Å². The normalized spacial score (nSPS) is 19.0. The Morgan fingerprint density at radius 3 is 2.64 bits per heavy atom. The van der Waals surface area contributed by atoms with Crippen LogP contribution in [0.5, 0.6) is 0 Å². The first-order valence-electron chi connectivity index (χ1n) is 9.75. The largest absolute Gasteiger partial charge is 0.354 e. The first-order valence-corrected chi connectivity index (χ1v) is 12.5. The molecule has 0 aromatic carbocycles. The number of carbonyl (C=O) groups excluding carboxylic acids is 1. The van der Waals surface area contributed by atoms with Gasteiger partial charge in [0.05, 0.1) is 18.5 Å². The molecule has 152 valence electrons. The van der Waals surface area contributed by atoms with Gasteiger partial charge in [-0.1, -0.05) is 0 Å². The van der Waals surface area contributed by atoms with Crippen molar-refractivity contribution in [1.29, 1.82) is 0 Å². The third-order valence-corrected chi connectivity index (χ3v) is 7.53. The summed E-state index contributed by atoms with van der Waals surface area (Å²) in [5.74, 6) is 0.502. The van der Waals surface area contributed by atoms with E-state index in [0.29, 0.717) is 44.9 Å². The van der Waals surface area contributed by atoms with Crippen molar-refractivity contribution in [3.63, 3.8) is 0 Å². The molecule has 1 N–H and O–H groups in total. The molecule has 0 bridgehead atoms. The zero-order valence-corrected chi connectivity index (χ0v) is 17.6. The Bertz CT molecular complexity index is 925. The van der Waals surface area contributed by atoms with E-state index in [-0.39, 0.29) is 11.8 Å². The molecule has 28 heavy (non-hydrogen) atoms. The lowest BCUT2D eigenvalue weighted by Gasteiger charge is -2.29. The molecule has 2 aliphatic rings. The first kappa shape index (κ1) is 19.6. The van der Waals surface area contributed by atoms with Gasteiger partial charge in [0, 0.05) is 48.1 Å². The Balaban J connectivity index is 1.31. The molecule has 2 aromatic heterocycles. The summed E-state index contributed by atoms with van der Waals surface area (Å²) in [6.45, 7) is 2.04. The van der Waals surface area contributed by atoms with Gasteiger partial charge in [-0.25, -0.2) is 12.7 Å². The smallest absolute Gasteiger partial charge is 0.223 e. The van der Waals surface area contributed by atoms with Crippen molar-refractivity contribution in [3.8, 4) is 11.3 Å². The number of hydrogen-bond acceptors (Lipinski definition) is 5. The molecular weight excluding hydrogens is 396 g/mol. The third kappa shape index (κ3) is 4.47. The molecule has 2 fully saturated rings. The Hall–Kier alpha value is -1.71. The molecule has 1 aliphatic carbocycles. The van der Waals surface area contributed by atoms with Crippen LogP contribution < -0.4 is 5.32 Å². The van der Waals surface area contributed by atoms with E-state index in [1.165, 1.54) is 29.1 Å². The van der Waals surface area contributed by atoms with E-state index < -0.39 is 10.0 Å². The van der Waals surface area contributed by atoms with Gasteiger partial charge in [-0.05, 0) is 43.2 Å². The summed E-state index contributed by atoms with van der Waals surface area (Å²) >= 11 is 1.67. The molecule has 0 radical (unpaired) electrons. The molecule has 0 unspecified atom stereocenters. The second-order valence-electron chi connectivity index (χ2n) is 7.69. The van der Waals surface area contributed by atoms with E-state index >= 15 is 0 Å². The lowest BCUT2D eigenvalue weighted by atomic mass is 9.97. The highest BCUT2D eigenvalue weighted by atomic mass is 32.2. The lowest BCUT2D eigenvalue weighted by molar-refractivity contribution is -0.126. The average Bonchev–Trinajstić information content (AvgIpc) is 3.19. The van der Waals surface area contributed by atoms with Crippen LogP contribution in [0.25, 0.3) is 11.3 Å². The fraction of sp³-hybridized carbons (Fsp3) is 0.579. The number of thiophene rings is 1. The average molecular weight is 423 g/mol. The van der Waals surface area contributed by atoms with Crippen molar-refractivity contribution in [1.82, 2.24) is 19.4 Å². The highest BCUT2D eigenvalue weighted by Crippen LogP contribution is 2.41. The van der Waals surface area contributed by atoms with E-state index in [1.807, 2.05) is 4.68 Å². The van der Waals surface area contributed by atoms with Gasteiger partial charge in [-0.2, -0.15) is 16.4 Å². The predicted molar refractivity (Wildman–Crippen MR) is 110 cm³/mol. The Morgan fingerprint density at radius 2 is 2.04 bits per heavy atom. The number of nitrogens with one attached hydrogen (secondary N) is 1. The molecule has 1 saturated carbocycles. The third-order valence-electron chi connectivity index (χ3n) is 5.54. The summed E-state index contributed by atoms with van der Waals surface area (Å²) in [6.07, 6.45) is 4.80. The number of nitrogens with zero attached hydrogens (tertiary/aromatic N) is 3. The number of hydrogen-bond donors (Lipinski definition) is 1. The van der Waals surface area contributed by atoms with Crippen molar-refractivity contribution in [2.75, 3.05) is 25.9 Å². The second kappa shape index (κ2) is 7.96. The van der Waals surface area contributed by atoms with Crippen molar-refractivity contribution in [2.24, 2.45) is 5.92 Å². The SMILES string of the molecule is CS(=O)(=O)N1CCC(C(=O)NCCn2nc(-c3ccsc3)cc2C2CC2)CC1. The minimum atomic E-state index is -3.16. The van der Waals surface area contributed by atoms with Gasteiger partial charge in [0.15, 0.2) is 0 Å². The fourth-order valence-corrected chi connectivity index (χ4v) is 5.27. The number of sulfonamides is 1. The van der Waals surface area contributed by atoms with Gasteiger partial charge in [-0.15, -0.1) is 0 Å². The molecule has 7 nitrogen and oxygen atoms in total. The Kier molecular flexibility index (Phi) is 5.57. The van der Waals surface area contributed by atoms with Crippen LogP contribution in [0.1, 0.15) is 37.3 Å². The summed E-state index contributed by atoms with van der Waals surface area (Å²) < 4.78 is 26.7. The molecule has 3 heterocycles. The maximum Gasteiger partial charge on any atom is 0.223 e. The molecule has 1 amide bonds. The highest BCUT2D eigenvalue weighted by molar-refractivity contribution is 7.88. The number of carbonyl (C=O) groups is 1. The second-order valence-corrected chi connectivity index (χ2v) is 10.5. The van der Waals surface area contributed by atoms with Crippen molar-refractivity contribution >= 4 is 27.3 Å². The zero-order valence-electron chi connectivity index (χ0n) is 16.0. The van der Waals surface area contributed by atoms with E-state index in [0.717, 1.165) is 11.3 Å². The van der Waals surface area contributed by atoms with Crippen LogP contribution in [0.15, 0.2) is 22.9 Å². The van der Waals surface area contributed by atoms with Crippen molar-refractivity contribution in [2.45, 2.75) is 38.1 Å². The summed E-state index contributed by atoms with van der Waals surface area (Å²) in [5, 5.41) is 11.9. The van der Waals surface area contributed by atoms with Crippen molar-refractivity contribution < 1.29 is 13.2 Å². The number of rotatable bonds is 7. The summed E-state index contributed by atoms with van der Waals surface area (Å²) in [6, 6.07) is 4.26. The van der Waals surface area contributed by atoms with E-state index in [1.54, 1.807) is 11.3 Å². The Morgan fingerprint density at radius 1 is 1.29 bits per heavy atom. The fourth-order valence-electron chi connectivity index (χ4n) is 3.75. The topological polar surface area (TPSA) is 84.3 Å². The first-order chi connectivity index (χ1) is 13.4. The molecule has 2 aromatic rings. The van der Waals surface area contributed by atoms with Crippen LogP contribution in [0.3, 0.4) is 0 Å². The molecule has 4 rings (SSSR count). The van der Waals surface area contributed by atoms with Gasteiger partial charge >= 0.3 is 0 Å². The minimum Gasteiger partial charge on any atom is -0.354 e. The molecule has 0 spiro atoms. The maximum atomic E-state index is 12.5. The van der Waals surface area contributed by atoms with Crippen LogP contribution in [0.4, 0.5) is 0 Å². The van der Waals surface area contributed by atoms with Crippen LogP contribution in [-0.2, 0) is 21.4 Å². The summed E-state index contributed by atoms with van der Waals surface area (Å²) in [4.78, 5) is 12.5. The van der Waals surface area contributed by atoms with Gasteiger partial charge in [0.2, 0.25) is 15.9 Å². The summed E-state index contributed by atoms with van der Waals surface area (Å²) in [7, 11) is -3.16. The van der Waals surface area contributed by atoms with E-state index in [2.05, 4.69) is 28.2 Å². The number of piperidine rings is 1. The Labute approximate surface area is 169 Å². The standard InChI is InChI=1S/C19H26N4O3S2/c1-28(25,26)22-8-4-15(5-9-22)19(24)20-7-10-23-18(14-2-3-14)12-17(21-23)16-6-11-27-13-16/h6,11-15H,2-5,7-10H2,1H3,(H,20,24). The highest BCUT2D eigenvalue weighted by Gasteiger charge is 2.30. The maximum absolute atomic E-state index is 12.5. The zero-order chi connectivity index (χ0) is 19.7. The minimum absolute atomic E-state index is 0.0198. The quantitative estimate of drug-likeness (QED) is 0.742. The van der Waals surface area contributed by atoms with Crippen LogP contribution in [-0.4, -0.2) is 54.3 Å². The van der Waals surface area contributed by atoms with Gasteiger partial charge in [-0.3, -0.25) is 9.48 Å². The molecule has 1 aliphatic heterocycles. The van der Waals surface area contributed by atoms with E-state index in [4.69, 9.17) is 5.10 Å². The van der Waals surface area contributed by atoms with Crippen LogP contribution >= 0.6 is 11.3 Å². The number of amides is 1. The number of aromatic nitrogens is 2. The lowest BCUT2D eigenvalue weighted by Crippen LogP contribution is -2.43. The summed E-state index contributed by atoms with van der Waals surface area (Å²) in [5.41, 5.74) is 3.41. The van der Waals surface area contributed by atoms with Gasteiger partial charge in [0.25, 0.3) is 0 Å². The molecule has 1 saturated heterocycles. The van der Waals surface area contributed by atoms with Gasteiger partial charge in [0.1, 0.15) is 0 Å². The predicted octanol–water partition coefficient (Wildman–Crippen LogP) is 2.28. The molecule has 9 heteroatoms. The molecular formula is C19H26N4O3S2.